The van der Waals surface area contributed by atoms with Gasteiger partial charge in [-0.15, -0.1) is 0 Å². The Labute approximate surface area is 96.4 Å². The quantitative estimate of drug-likeness (QED) is 0.375. The Hall–Kier alpha value is -1.01. The first kappa shape index (κ1) is 12.1. The van der Waals surface area contributed by atoms with Gasteiger partial charge in [0, 0.05) is 0 Å². The Bertz CT molecular complexity index is 362. The smallest absolute Gasteiger partial charge is 0.316 e. The standard InChI is InChI=1S/C8H10ClN3O2S/c1-2-14-6(13)4-15-7-5(10)3-11-8(9)12-7/h3H,2,4,10H2,1H3. The normalized spacial score (nSPS) is 10.0. The molecule has 1 aromatic heterocycles. The van der Waals surface area contributed by atoms with Crippen LogP contribution < -0.4 is 5.73 Å². The summed E-state index contributed by atoms with van der Waals surface area (Å²) in [6, 6.07) is 0. The number of rotatable bonds is 4. The zero-order valence-electron chi connectivity index (χ0n) is 8.07. The summed E-state index contributed by atoms with van der Waals surface area (Å²) in [7, 11) is 0. The number of thioether (sulfide) groups is 1. The van der Waals surface area contributed by atoms with E-state index >= 15 is 0 Å². The summed E-state index contributed by atoms with van der Waals surface area (Å²) in [4.78, 5) is 18.6. The molecule has 0 aliphatic carbocycles. The van der Waals surface area contributed by atoms with Crippen molar-refractivity contribution in [2.75, 3.05) is 18.1 Å². The van der Waals surface area contributed by atoms with Gasteiger partial charge in [0.2, 0.25) is 5.28 Å². The third-order valence-corrected chi connectivity index (χ3v) is 2.55. The maximum absolute atomic E-state index is 11.1. The number of nitrogens with zero attached hydrogens (tertiary/aromatic N) is 2. The number of nitrogen functional groups attached to an aromatic ring is 1. The SMILES string of the molecule is CCOC(=O)CSc1nc(Cl)ncc1N. The molecule has 0 bridgehead atoms. The Morgan fingerprint density at radius 1 is 1.73 bits per heavy atom. The lowest BCUT2D eigenvalue weighted by atomic mass is 10.6. The maximum Gasteiger partial charge on any atom is 0.316 e. The molecule has 0 aliphatic rings. The van der Waals surface area contributed by atoms with Crippen molar-refractivity contribution in [1.29, 1.82) is 0 Å². The molecular weight excluding hydrogens is 238 g/mol. The largest absolute Gasteiger partial charge is 0.465 e. The molecule has 0 spiro atoms. The third kappa shape index (κ3) is 3.93. The number of aromatic nitrogens is 2. The van der Waals surface area contributed by atoms with Crippen molar-refractivity contribution in [3.63, 3.8) is 0 Å². The maximum atomic E-state index is 11.1. The highest BCUT2D eigenvalue weighted by molar-refractivity contribution is 8.00. The fraction of sp³-hybridized carbons (Fsp3) is 0.375. The lowest BCUT2D eigenvalue weighted by Crippen LogP contribution is -2.07. The van der Waals surface area contributed by atoms with Gasteiger partial charge in [0.1, 0.15) is 5.03 Å². The Morgan fingerprint density at radius 3 is 3.13 bits per heavy atom. The lowest BCUT2D eigenvalue weighted by Gasteiger charge is -2.03. The van der Waals surface area contributed by atoms with Gasteiger partial charge < -0.3 is 10.5 Å². The number of carbonyl (C=O) groups is 1. The summed E-state index contributed by atoms with van der Waals surface area (Å²) in [6.07, 6.45) is 1.41. The predicted molar refractivity (Wildman–Crippen MR) is 58.8 cm³/mol. The van der Waals surface area contributed by atoms with Gasteiger partial charge in [-0.2, -0.15) is 0 Å². The molecule has 0 aromatic carbocycles. The van der Waals surface area contributed by atoms with E-state index in [1.165, 1.54) is 18.0 Å². The monoisotopic (exact) mass is 247 g/mol. The van der Waals surface area contributed by atoms with Crippen LogP contribution in [0, 0.1) is 0 Å². The van der Waals surface area contributed by atoms with E-state index in [1.54, 1.807) is 6.92 Å². The van der Waals surface area contributed by atoms with Crippen LogP contribution in [-0.4, -0.2) is 28.3 Å². The fourth-order valence-electron chi connectivity index (χ4n) is 0.801. The number of nitrogens with two attached hydrogens (primary N) is 1. The first-order chi connectivity index (χ1) is 7.13. The van der Waals surface area contributed by atoms with Crippen LogP contribution in [0.2, 0.25) is 5.28 Å². The second-order valence-electron chi connectivity index (χ2n) is 2.49. The van der Waals surface area contributed by atoms with Gasteiger partial charge in [0.15, 0.2) is 0 Å². The number of ether oxygens (including phenoxy) is 1. The number of hydrogen-bond donors (Lipinski definition) is 1. The zero-order chi connectivity index (χ0) is 11.3. The van der Waals surface area contributed by atoms with E-state index in [0.29, 0.717) is 17.3 Å². The van der Waals surface area contributed by atoms with Crippen molar-refractivity contribution >= 4 is 35.0 Å². The van der Waals surface area contributed by atoms with Crippen LogP contribution in [0.15, 0.2) is 11.2 Å². The van der Waals surface area contributed by atoms with E-state index in [1.807, 2.05) is 0 Å². The molecule has 0 fully saturated rings. The molecule has 1 heterocycles. The van der Waals surface area contributed by atoms with Crippen LogP contribution in [0.25, 0.3) is 0 Å². The highest BCUT2D eigenvalue weighted by Gasteiger charge is 2.08. The fourth-order valence-corrected chi connectivity index (χ4v) is 1.69. The summed E-state index contributed by atoms with van der Waals surface area (Å²) in [5, 5.41) is 0.596. The zero-order valence-corrected chi connectivity index (χ0v) is 9.64. The molecule has 0 saturated heterocycles. The molecule has 15 heavy (non-hydrogen) atoms. The number of carbonyl (C=O) groups excluding carboxylic acids is 1. The van der Waals surface area contributed by atoms with Crippen LogP contribution in [0.1, 0.15) is 6.92 Å². The summed E-state index contributed by atoms with van der Waals surface area (Å²) in [5.41, 5.74) is 5.99. The van der Waals surface area contributed by atoms with Gasteiger partial charge in [0.05, 0.1) is 24.2 Å². The minimum Gasteiger partial charge on any atom is -0.465 e. The summed E-state index contributed by atoms with van der Waals surface area (Å²) < 4.78 is 4.76. The van der Waals surface area contributed by atoms with Crippen LogP contribution >= 0.6 is 23.4 Å². The van der Waals surface area contributed by atoms with Gasteiger partial charge >= 0.3 is 5.97 Å². The van der Waals surface area contributed by atoms with Gasteiger partial charge in [-0.05, 0) is 18.5 Å². The van der Waals surface area contributed by atoms with Crippen LogP contribution in [0.3, 0.4) is 0 Å². The van der Waals surface area contributed by atoms with Gasteiger partial charge in [-0.25, -0.2) is 9.97 Å². The van der Waals surface area contributed by atoms with Crippen molar-refractivity contribution in [1.82, 2.24) is 9.97 Å². The van der Waals surface area contributed by atoms with E-state index in [-0.39, 0.29) is 17.0 Å². The molecule has 2 N–H and O–H groups in total. The Kier molecular flexibility index (Phi) is 4.64. The molecule has 82 valence electrons. The highest BCUT2D eigenvalue weighted by atomic mass is 35.5. The number of hydrogen-bond acceptors (Lipinski definition) is 6. The molecule has 5 nitrogen and oxygen atoms in total. The second-order valence-corrected chi connectivity index (χ2v) is 3.80. The van der Waals surface area contributed by atoms with E-state index < -0.39 is 0 Å². The molecule has 0 amide bonds. The molecule has 7 heteroatoms. The molecule has 0 radical (unpaired) electrons. The van der Waals surface area contributed by atoms with Crippen molar-refractivity contribution in [2.45, 2.75) is 11.9 Å². The predicted octanol–water partition coefficient (Wildman–Crippen LogP) is 1.37. The number of anilines is 1. The summed E-state index contributed by atoms with van der Waals surface area (Å²) in [5.74, 6) is -0.151. The topological polar surface area (TPSA) is 78.1 Å². The molecule has 0 atom stereocenters. The number of esters is 1. The molecule has 1 aromatic rings. The van der Waals surface area contributed by atoms with Crippen molar-refractivity contribution in [3.8, 4) is 0 Å². The molecule has 1 rings (SSSR count). The van der Waals surface area contributed by atoms with Crippen LogP contribution in [-0.2, 0) is 9.53 Å². The molecular formula is C8H10ClN3O2S. The van der Waals surface area contributed by atoms with Crippen molar-refractivity contribution in [3.05, 3.63) is 11.5 Å². The van der Waals surface area contributed by atoms with Crippen LogP contribution in [0.5, 0.6) is 0 Å². The Balaban J connectivity index is 2.57. The van der Waals surface area contributed by atoms with Crippen LogP contribution in [0.4, 0.5) is 5.69 Å². The van der Waals surface area contributed by atoms with Gasteiger partial charge in [0.25, 0.3) is 0 Å². The second kappa shape index (κ2) is 5.77. The van der Waals surface area contributed by atoms with E-state index in [9.17, 15) is 4.79 Å². The van der Waals surface area contributed by atoms with Crippen molar-refractivity contribution in [2.24, 2.45) is 0 Å². The minimum absolute atomic E-state index is 0.107. The minimum atomic E-state index is -0.309. The van der Waals surface area contributed by atoms with E-state index in [4.69, 9.17) is 22.1 Å². The first-order valence-corrected chi connectivity index (χ1v) is 5.56. The molecule has 0 aliphatic heterocycles. The van der Waals surface area contributed by atoms with E-state index in [0.717, 1.165) is 0 Å². The Morgan fingerprint density at radius 2 is 2.47 bits per heavy atom. The average Bonchev–Trinajstić information content (AvgIpc) is 2.20. The summed E-state index contributed by atoms with van der Waals surface area (Å²) in [6.45, 7) is 2.11. The highest BCUT2D eigenvalue weighted by Crippen LogP contribution is 2.22. The van der Waals surface area contributed by atoms with Crippen molar-refractivity contribution < 1.29 is 9.53 Å². The molecule has 0 saturated carbocycles. The summed E-state index contributed by atoms with van der Waals surface area (Å²) >= 11 is 6.76. The van der Waals surface area contributed by atoms with Gasteiger partial charge in [-0.1, -0.05) is 11.8 Å². The average molecular weight is 248 g/mol. The van der Waals surface area contributed by atoms with Gasteiger partial charge in [-0.3, -0.25) is 4.79 Å². The lowest BCUT2D eigenvalue weighted by molar-refractivity contribution is -0.139. The third-order valence-electron chi connectivity index (χ3n) is 1.38. The molecule has 0 unspecified atom stereocenters. The number of halogens is 1. The van der Waals surface area contributed by atoms with E-state index in [2.05, 4.69) is 9.97 Å². The first-order valence-electron chi connectivity index (χ1n) is 4.20.